The van der Waals surface area contributed by atoms with Gasteiger partial charge in [-0.3, -0.25) is 0 Å². The molecule has 0 radical (unpaired) electrons. The minimum atomic E-state index is -2.01. The summed E-state index contributed by atoms with van der Waals surface area (Å²) in [6.45, 7) is 0. The number of carbonyl (C=O) groups is 1. The maximum atomic E-state index is 10.3. The molecule has 0 spiro atoms. The molecule has 0 bridgehead atoms. The molecule has 1 aromatic carbocycles. The molecule has 76 valence electrons. The Bertz CT molecular complexity index is 385. The van der Waals surface area contributed by atoms with E-state index in [-0.39, 0.29) is 51.4 Å². The second-order valence-electron chi connectivity index (χ2n) is 2.41. The minimum Gasteiger partial charge on any atom is -0.545 e. The zero-order chi connectivity index (χ0) is 11.0. The van der Waals surface area contributed by atoms with Crippen molar-refractivity contribution in [3.05, 3.63) is 5.56 Å². The van der Waals surface area contributed by atoms with Crippen molar-refractivity contribution >= 4 is 5.97 Å². The van der Waals surface area contributed by atoms with E-state index in [4.69, 9.17) is 25.5 Å². The van der Waals surface area contributed by atoms with Crippen molar-refractivity contribution in [1.82, 2.24) is 0 Å². The van der Waals surface area contributed by atoms with Gasteiger partial charge in [-0.15, -0.1) is 0 Å². The van der Waals surface area contributed by atoms with Crippen LogP contribution in [0, 0.1) is 0 Å². The summed E-state index contributed by atoms with van der Waals surface area (Å²) in [5.74, 6) is -8.29. The van der Waals surface area contributed by atoms with Crippen LogP contribution in [-0.4, -0.2) is 31.5 Å². The first-order chi connectivity index (χ1) is 6.37. The summed E-state index contributed by atoms with van der Waals surface area (Å²) in [7, 11) is 0. The fourth-order valence-corrected chi connectivity index (χ4v) is 0.879. The van der Waals surface area contributed by atoms with Crippen LogP contribution in [0.4, 0.5) is 0 Å². The Morgan fingerprint density at radius 1 is 0.800 bits per heavy atom. The molecule has 0 aliphatic carbocycles. The van der Waals surface area contributed by atoms with Gasteiger partial charge in [0.1, 0.15) is 0 Å². The van der Waals surface area contributed by atoms with Crippen molar-refractivity contribution in [2.24, 2.45) is 0 Å². The number of carbonyl (C=O) groups excluding carboxylic acids is 1. The third-order valence-corrected chi connectivity index (χ3v) is 1.57. The molecular weight excluding hydrogens is 235 g/mol. The van der Waals surface area contributed by atoms with Crippen molar-refractivity contribution in [2.45, 2.75) is 0 Å². The smallest absolute Gasteiger partial charge is 0.545 e. The number of rotatable bonds is 1. The summed E-state index contributed by atoms with van der Waals surface area (Å²) < 4.78 is 0. The molecule has 7 nitrogen and oxygen atoms in total. The van der Waals surface area contributed by atoms with Crippen molar-refractivity contribution in [3.63, 3.8) is 0 Å². The van der Waals surface area contributed by atoms with Crippen LogP contribution < -0.4 is 56.5 Å². The summed E-state index contributed by atoms with van der Waals surface area (Å²) in [4.78, 5) is 10.3. The van der Waals surface area contributed by atoms with Gasteiger partial charge < -0.3 is 35.4 Å². The maximum Gasteiger partial charge on any atom is 1.00 e. The van der Waals surface area contributed by atoms with Gasteiger partial charge in [0, 0.05) is 0 Å². The number of phenols is 5. The van der Waals surface area contributed by atoms with Gasteiger partial charge in [-0.2, -0.15) is 0 Å². The Morgan fingerprint density at radius 3 is 1.33 bits per heavy atom. The van der Waals surface area contributed by atoms with Crippen LogP contribution in [-0.2, 0) is 0 Å². The molecule has 0 fully saturated rings. The molecule has 1 rings (SSSR count). The summed E-state index contributed by atoms with van der Waals surface area (Å²) in [5.41, 5.74) is -1.20. The first-order valence-corrected chi connectivity index (χ1v) is 3.28. The van der Waals surface area contributed by atoms with E-state index in [0.717, 1.165) is 0 Å². The SMILES string of the molecule is O=C([O-])c1c(O)c(O)c(O)c(O)c1O.[K+]. The van der Waals surface area contributed by atoms with Crippen molar-refractivity contribution in [3.8, 4) is 28.7 Å². The minimum absolute atomic E-state index is 0. The third kappa shape index (κ3) is 2.29. The fourth-order valence-electron chi connectivity index (χ4n) is 0.879. The largest absolute Gasteiger partial charge is 1.00 e. The van der Waals surface area contributed by atoms with Gasteiger partial charge >= 0.3 is 51.4 Å². The van der Waals surface area contributed by atoms with Crippen molar-refractivity contribution in [1.29, 1.82) is 0 Å². The van der Waals surface area contributed by atoms with Gasteiger partial charge in [-0.25, -0.2) is 0 Å². The molecule has 0 aliphatic rings. The van der Waals surface area contributed by atoms with Crippen LogP contribution in [0.15, 0.2) is 0 Å². The summed E-state index contributed by atoms with van der Waals surface area (Å²) in [6, 6.07) is 0. The molecule has 8 heteroatoms. The molecule has 0 saturated heterocycles. The number of aromatic carboxylic acids is 1. The fraction of sp³-hybridized carbons (Fsp3) is 0. The molecule has 5 N–H and O–H groups in total. The average molecular weight is 240 g/mol. The van der Waals surface area contributed by atoms with Crippen LogP contribution in [0.2, 0.25) is 0 Å². The van der Waals surface area contributed by atoms with E-state index in [1.54, 1.807) is 0 Å². The Balaban J connectivity index is 0.00000196. The number of benzene rings is 1. The molecular formula is C7H5KO7. The van der Waals surface area contributed by atoms with E-state index < -0.39 is 40.3 Å². The van der Waals surface area contributed by atoms with Gasteiger partial charge in [0.15, 0.2) is 11.5 Å². The summed E-state index contributed by atoms with van der Waals surface area (Å²) in [6.07, 6.45) is 0. The molecule has 0 aromatic heterocycles. The molecule has 0 amide bonds. The Hall–Kier alpha value is -0.674. The van der Waals surface area contributed by atoms with Gasteiger partial charge in [-0.05, 0) is 0 Å². The maximum absolute atomic E-state index is 10.3. The molecule has 0 aliphatic heterocycles. The van der Waals surface area contributed by atoms with E-state index in [0.29, 0.717) is 0 Å². The summed E-state index contributed by atoms with van der Waals surface area (Å²) in [5, 5.41) is 54.8. The van der Waals surface area contributed by atoms with Crippen molar-refractivity contribution in [2.75, 3.05) is 0 Å². The van der Waals surface area contributed by atoms with Crippen molar-refractivity contribution < 1.29 is 86.8 Å². The average Bonchev–Trinajstić information content (AvgIpc) is 2.11. The number of phenolic OH excluding ortho intramolecular Hbond substituents is 3. The molecule has 0 atom stereocenters. The van der Waals surface area contributed by atoms with Crippen LogP contribution >= 0.6 is 0 Å². The number of carboxylic acids is 1. The third-order valence-electron chi connectivity index (χ3n) is 1.57. The molecule has 15 heavy (non-hydrogen) atoms. The van der Waals surface area contributed by atoms with Crippen LogP contribution in [0.5, 0.6) is 28.7 Å². The Kier molecular flexibility index (Phi) is 4.68. The zero-order valence-electron chi connectivity index (χ0n) is 7.55. The Labute approximate surface area is 126 Å². The van der Waals surface area contributed by atoms with Gasteiger partial charge in [0.05, 0.1) is 11.5 Å². The number of aromatic hydroxyl groups is 5. The van der Waals surface area contributed by atoms with E-state index in [1.807, 2.05) is 0 Å². The first kappa shape index (κ1) is 14.3. The topological polar surface area (TPSA) is 141 Å². The Morgan fingerprint density at radius 2 is 1.07 bits per heavy atom. The second-order valence-corrected chi connectivity index (χ2v) is 2.41. The number of hydrogen-bond acceptors (Lipinski definition) is 7. The molecule has 0 saturated carbocycles. The van der Waals surface area contributed by atoms with Gasteiger partial charge in [0.25, 0.3) is 0 Å². The van der Waals surface area contributed by atoms with Gasteiger partial charge in [-0.1, -0.05) is 0 Å². The monoisotopic (exact) mass is 240 g/mol. The van der Waals surface area contributed by atoms with E-state index in [1.165, 1.54) is 0 Å². The van der Waals surface area contributed by atoms with Crippen LogP contribution in [0.1, 0.15) is 10.4 Å². The normalized spacial score (nSPS) is 9.33. The van der Waals surface area contributed by atoms with E-state index in [2.05, 4.69) is 0 Å². The van der Waals surface area contributed by atoms with E-state index in [9.17, 15) is 9.90 Å². The quantitative estimate of drug-likeness (QED) is 0.189. The predicted octanol–water partition coefficient (Wildman–Crippen LogP) is -4.42. The zero-order valence-corrected chi connectivity index (χ0v) is 10.7. The van der Waals surface area contributed by atoms with E-state index >= 15 is 0 Å². The first-order valence-electron chi connectivity index (χ1n) is 3.28. The number of hydrogen-bond donors (Lipinski definition) is 5. The summed E-state index contributed by atoms with van der Waals surface area (Å²) >= 11 is 0. The van der Waals surface area contributed by atoms with Gasteiger partial charge in [0.2, 0.25) is 17.2 Å². The second kappa shape index (κ2) is 4.90. The predicted molar refractivity (Wildman–Crippen MR) is 39.1 cm³/mol. The molecule has 0 unspecified atom stereocenters. The van der Waals surface area contributed by atoms with Crippen LogP contribution in [0.25, 0.3) is 0 Å². The molecule has 0 heterocycles. The standard InChI is InChI=1S/C7H6O7.K/c8-2-1(7(13)14)3(9)5(11)6(12)4(2)10;/h8-12H,(H,13,14);/q;+1/p-1. The van der Waals surface area contributed by atoms with Crippen LogP contribution in [0.3, 0.4) is 0 Å². The molecule has 1 aromatic rings. The number of carboxylic acid groups (broad SMARTS) is 1.